The highest BCUT2D eigenvalue weighted by Crippen LogP contribution is 2.30. The molecule has 1 unspecified atom stereocenters. The zero-order valence-electron chi connectivity index (χ0n) is 13.8. The third kappa shape index (κ3) is 2.91. The first kappa shape index (κ1) is 17.2. The summed E-state index contributed by atoms with van der Waals surface area (Å²) in [4.78, 5) is 39.1. The summed E-state index contributed by atoms with van der Waals surface area (Å²) in [6.45, 7) is 3.18. The van der Waals surface area contributed by atoms with Gasteiger partial charge in [-0.2, -0.15) is 0 Å². The fourth-order valence-electron chi connectivity index (χ4n) is 2.98. The molecule has 0 aromatic heterocycles. The number of amides is 3. The molecule has 3 amide bonds. The monoisotopic (exact) mass is 356 g/mol. The van der Waals surface area contributed by atoms with E-state index in [0.717, 1.165) is 4.90 Å². The van der Waals surface area contributed by atoms with Crippen molar-refractivity contribution in [1.29, 1.82) is 0 Å². The van der Waals surface area contributed by atoms with Crippen LogP contribution in [0.3, 0.4) is 0 Å². The standard InChI is InChI=1S/C19H17ClN2O3/c1-12(16(23)13-7-6-10-15(20)11-13)22-17(24)19(2,21-18(22)25)14-8-4-3-5-9-14/h3-12H,1-2H3,(H,21,25)/t12?,19-/m0/s1. The minimum absolute atomic E-state index is 0.344. The normalized spacial score (nSPS) is 21.2. The van der Waals surface area contributed by atoms with E-state index in [1.54, 1.807) is 49.4 Å². The number of hydrogen-bond donors (Lipinski definition) is 1. The van der Waals surface area contributed by atoms with Crippen LogP contribution in [0.15, 0.2) is 54.6 Å². The third-order valence-electron chi connectivity index (χ3n) is 4.45. The second-order valence-electron chi connectivity index (χ2n) is 6.15. The molecule has 0 saturated carbocycles. The molecule has 6 heteroatoms. The molecule has 25 heavy (non-hydrogen) atoms. The van der Waals surface area contributed by atoms with Crippen LogP contribution in [0.5, 0.6) is 0 Å². The quantitative estimate of drug-likeness (QED) is 0.674. The van der Waals surface area contributed by atoms with Gasteiger partial charge in [0.15, 0.2) is 5.78 Å². The second kappa shape index (κ2) is 6.33. The molecule has 2 atom stereocenters. The van der Waals surface area contributed by atoms with Gasteiger partial charge in [0.25, 0.3) is 5.91 Å². The second-order valence-corrected chi connectivity index (χ2v) is 6.58. The number of urea groups is 1. The zero-order chi connectivity index (χ0) is 18.2. The summed E-state index contributed by atoms with van der Waals surface area (Å²) in [5, 5.41) is 3.12. The molecule has 1 aliphatic rings. The van der Waals surface area contributed by atoms with Crippen molar-refractivity contribution in [1.82, 2.24) is 10.2 Å². The third-order valence-corrected chi connectivity index (χ3v) is 4.68. The molecule has 1 N–H and O–H groups in total. The van der Waals surface area contributed by atoms with Crippen molar-refractivity contribution in [2.45, 2.75) is 25.4 Å². The summed E-state index contributed by atoms with van der Waals surface area (Å²) in [7, 11) is 0. The fraction of sp³-hybridized carbons (Fsp3) is 0.211. The molecular formula is C19H17ClN2O3. The Morgan fingerprint density at radius 1 is 1.12 bits per heavy atom. The average Bonchev–Trinajstić information content (AvgIpc) is 2.84. The first-order valence-electron chi connectivity index (χ1n) is 7.85. The van der Waals surface area contributed by atoms with Gasteiger partial charge < -0.3 is 5.32 Å². The van der Waals surface area contributed by atoms with Gasteiger partial charge in [0.05, 0.1) is 0 Å². The Labute approximate surface area is 150 Å². The number of benzene rings is 2. The summed E-state index contributed by atoms with van der Waals surface area (Å²) in [5.74, 6) is -0.796. The Bertz CT molecular complexity index is 853. The number of halogens is 1. The molecule has 128 valence electrons. The molecule has 2 aromatic rings. The van der Waals surface area contributed by atoms with E-state index >= 15 is 0 Å². The Morgan fingerprint density at radius 2 is 1.80 bits per heavy atom. The van der Waals surface area contributed by atoms with Crippen LogP contribution in [0.4, 0.5) is 4.79 Å². The van der Waals surface area contributed by atoms with Crippen molar-refractivity contribution in [3.05, 3.63) is 70.7 Å². The summed E-state index contributed by atoms with van der Waals surface area (Å²) in [5.41, 5.74) is -0.173. The van der Waals surface area contributed by atoms with E-state index in [1.807, 2.05) is 6.07 Å². The van der Waals surface area contributed by atoms with Gasteiger partial charge in [-0.15, -0.1) is 0 Å². The first-order valence-corrected chi connectivity index (χ1v) is 8.23. The van der Waals surface area contributed by atoms with Gasteiger partial charge in [-0.05, 0) is 31.5 Å². The lowest BCUT2D eigenvalue weighted by atomic mass is 9.91. The summed E-state index contributed by atoms with van der Waals surface area (Å²) in [6.07, 6.45) is 0. The molecule has 1 aliphatic heterocycles. The zero-order valence-corrected chi connectivity index (χ0v) is 14.6. The van der Waals surface area contributed by atoms with Crippen molar-refractivity contribution in [2.75, 3.05) is 0 Å². The fourth-order valence-corrected chi connectivity index (χ4v) is 3.17. The maximum Gasteiger partial charge on any atom is 0.325 e. The SMILES string of the molecule is CC(C(=O)c1cccc(Cl)c1)N1C(=O)N[C@@](C)(c2ccccc2)C1=O. The summed E-state index contributed by atoms with van der Waals surface area (Å²) in [6, 6.07) is 13.9. The number of imide groups is 1. The molecule has 1 saturated heterocycles. The Morgan fingerprint density at radius 3 is 2.44 bits per heavy atom. The van der Waals surface area contributed by atoms with E-state index in [4.69, 9.17) is 11.6 Å². The minimum Gasteiger partial charge on any atom is -0.319 e. The molecule has 1 fully saturated rings. The number of carbonyl (C=O) groups is 3. The number of rotatable bonds is 4. The van der Waals surface area contributed by atoms with Crippen molar-refractivity contribution < 1.29 is 14.4 Å². The van der Waals surface area contributed by atoms with Crippen LogP contribution in [0.1, 0.15) is 29.8 Å². The highest BCUT2D eigenvalue weighted by molar-refractivity contribution is 6.31. The molecule has 0 radical (unpaired) electrons. The molecule has 0 aliphatic carbocycles. The van der Waals surface area contributed by atoms with E-state index in [2.05, 4.69) is 5.32 Å². The smallest absolute Gasteiger partial charge is 0.319 e. The Hall–Kier alpha value is -2.66. The number of nitrogens with zero attached hydrogens (tertiary/aromatic N) is 1. The molecule has 0 spiro atoms. The highest BCUT2D eigenvalue weighted by atomic mass is 35.5. The maximum absolute atomic E-state index is 12.9. The van der Waals surface area contributed by atoms with Crippen molar-refractivity contribution in [2.24, 2.45) is 0 Å². The number of Topliss-reactive ketones (excluding diaryl/α,β-unsaturated/α-hetero) is 1. The molecule has 1 heterocycles. The van der Waals surface area contributed by atoms with Gasteiger partial charge in [-0.1, -0.05) is 54.1 Å². The number of ketones is 1. The lowest BCUT2D eigenvalue weighted by Crippen LogP contribution is -2.45. The van der Waals surface area contributed by atoms with E-state index < -0.39 is 23.5 Å². The maximum atomic E-state index is 12.9. The number of carbonyl (C=O) groups excluding carboxylic acids is 3. The summed E-state index contributed by atoms with van der Waals surface area (Å²) < 4.78 is 0. The minimum atomic E-state index is -1.19. The van der Waals surface area contributed by atoms with Crippen LogP contribution in [0.25, 0.3) is 0 Å². The number of nitrogens with one attached hydrogen (secondary N) is 1. The highest BCUT2D eigenvalue weighted by Gasteiger charge is 2.51. The van der Waals surface area contributed by atoms with Crippen LogP contribution in [0, 0.1) is 0 Å². The van der Waals surface area contributed by atoms with Gasteiger partial charge in [0.1, 0.15) is 11.6 Å². The lowest BCUT2D eigenvalue weighted by molar-refractivity contribution is -0.131. The van der Waals surface area contributed by atoms with Gasteiger partial charge in [-0.25, -0.2) is 4.79 Å². The Balaban J connectivity index is 1.91. The Kier molecular flexibility index (Phi) is 4.35. The van der Waals surface area contributed by atoms with Crippen molar-refractivity contribution in [3.8, 4) is 0 Å². The van der Waals surface area contributed by atoms with Crippen molar-refractivity contribution >= 4 is 29.3 Å². The van der Waals surface area contributed by atoms with Gasteiger partial charge in [0.2, 0.25) is 0 Å². The largest absolute Gasteiger partial charge is 0.325 e. The van der Waals surface area contributed by atoms with Crippen LogP contribution in [-0.4, -0.2) is 28.7 Å². The molecule has 3 rings (SSSR count). The van der Waals surface area contributed by atoms with E-state index in [-0.39, 0.29) is 5.78 Å². The average molecular weight is 357 g/mol. The predicted molar refractivity (Wildman–Crippen MR) is 94.4 cm³/mol. The molecular weight excluding hydrogens is 340 g/mol. The lowest BCUT2D eigenvalue weighted by Gasteiger charge is -2.24. The topological polar surface area (TPSA) is 66.5 Å². The number of hydrogen-bond acceptors (Lipinski definition) is 3. The first-order chi connectivity index (χ1) is 11.8. The van der Waals surface area contributed by atoms with Crippen LogP contribution < -0.4 is 5.32 Å². The predicted octanol–water partition coefficient (Wildman–Crippen LogP) is 3.38. The van der Waals surface area contributed by atoms with Crippen LogP contribution >= 0.6 is 11.6 Å². The van der Waals surface area contributed by atoms with Crippen LogP contribution in [0.2, 0.25) is 5.02 Å². The molecule has 2 aromatic carbocycles. The van der Waals surface area contributed by atoms with Gasteiger partial charge in [0, 0.05) is 10.6 Å². The molecule has 5 nitrogen and oxygen atoms in total. The van der Waals surface area contributed by atoms with Crippen LogP contribution in [-0.2, 0) is 10.3 Å². The van der Waals surface area contributed by atoms with E-state index in [1.165, 1.54) is 13.0 Å². The van der Waals surface area contributed by atoms with Gasteiger partial charge in [-0.3, -0.25) is 14.5 Å². The van der Waals surface area contributed by atoms with Crippen molar-refractivity contribution in [3.63, 3.8) is 0 Å². The molecule has 0 bridgehead atoms. The van der Waals surface area contributed by atoms with E-state index in [9.17, 15) is 14.4 Å². The summed E-state index contributed by atoms with van der Waals surface area (Å²) >= 11 is 5.92. The van der Waals surface area contributed by atoms with E-state index in [0.29, 0.717) is 16.1 Å². The van der Waals surface area contributed by atoms with Gasteiger partial charge >= 0.3 is 6.03 Å².